The molecule has 5 saturated heterocycles. The van der Waals surface area contributed by atoms with E-state index in [1.165, 1.54) is 12.2 Å². The number of carbonyl (C=O) groups excluding carboxylic acids is 2. The molecule has 2 N–H and O–H groups in total. The molecule has 0 spiro atoms. The second-order valence-corrected chi connectivity index (χ2v) is 11.9. The number of aliphatic hydroxyl groups excluding tert-OH is 1. The number of amides is 3. The largest absolute Gasteiger partial charge is 0.440 e. The van der Waals surface area contributed by atoms with Gasteiger partial charge < -0.3 is 53.1 Å². The second-order valence-electron chi connectivity index (χ2n) is 11.9. The van der Waals surface area contributed by atoms with Crippen molar-refractivity contribution in [2.45, 2.75) is 73.9 Å². The smallest absolute Gasteiger partial charge is 0.419 e. The third-order valence-electron chi connectivity index (χ3n) is 8.81. The number of nitrogens with one attached hydrogen (secondary N) is 1. The quantitative estimate of drug-likeness (QED) is 0.379. The van der Waals surface area contributed by atoms with E-state index in [4.69, 9.17) is 42.6 Å². The molecule has 7 rings (SSSR count). The third kappa shape index (κ3) is 6.39. The summed E-state index contributed by atoms with van der Waals surface area (Å²) in [6.07, 6.45) is -6.96. The first-order valence-electron chi connectivity index (χ1n) is 15.8. The van der Waals surface area contributed by atoms with Gasteiger partial charge in [-0.25, -0.2) is 14.5 Å². The van der Waals surface area contributed by atoms with E-state index in [9.17, 15) is 14.7 Å². The SMILES string of the molecule is C=CCO[C@H]1O[C@@H]2CO[C@@H](c3ccccc3)O[C@H]2[C@H](O)[C@H]1NC(=O)N1C(=O)O[C@H]2[C@@H]3O[C@H](c4ccccc4)OC[C@H]3O[C@H](OCC=C)[C@@H]21. The molecule has 5 fully saturated rings. The van der Waals surface area contributed by atoms with E-state index >= 15 is 0 Å². The Labute approximate surface area is 277 Å². The zero-order valence-corrected chi connectivity index (χ0v) is 26.0. The minimum atomic E-state index is -1.32. The highest BCUT2D eigenvalue weighted by molar-refractivity contribution is 5.93. The van der Waals surface area contributed by atoms with E-state index in [1.54, 1.807) is 0 Å². The average molecular weight is 667 g/mol. The van der Waals surface area contributed by atoms with Gasteiger partial charge in [-0.15, -0.1) is 13.2 Å². The summed E-state index contributed by atoms with van der Waals surface area (Å²) in [5.41, 5.74) is 1.53. The highest BCUT2D eigenvalue weighted by atomic mass is 16.8. The Bertz CT molecular complexity index is 1450. The number of imide groups is 1. The molecule has 2 aromatic rings. The first kappa shape index (κ1) is 32.8. The Morgan fingerprint density at radius 3 is 1.96 bits per heavy atom. The van der Waals surface area contributed by atoms with Crippen molar-refractivity contribution in [3.63, 3.8) is 0 Å². The van der Waals surface area contributed by atoms with Crippen LogP contribution in [0.5, 0.6) is 0 Å². The molecule has 0 aliphatic carbocycles. The van der Waals surface area contributed by atoms with Crippen molar-refractivity contribution >= 4 is 12.1 Å². The second kappa shape index (κ2) is 14.4. The molecule has 0 saturated carbocycles. The lowest BCUT2D eigenvalue weighted by molar-refractivity contribution is -0.343. The fourth-order valence-electron chi connectivity index (χ4n) is 6.60. The Kier molecular flexibility index (Phi) is 9.86. The van der Waals surface area contributed by atoms with Crippen molar-refractivity contribution in [2.24, 2.45) is 0 Å². The number of rotatable bonds is 9. The molecule has 14 heteroatoms. The Morgan fingerprint density at radius 2 is 1.35 bits per heavy atom. The minimum absolute atomic E-state index is 0.0579. The maximum atomic E-state index is 14.1. The fraction of sp³-hybridized carbons (Fsp3) is 0.471. The predicted molar refractivity (Wildman–Crippen MR) is 164 cm³/mol. The monoisotopic (exact) mass is 666 g/mol. The lowest BCUT2D eigenvalue weighted by Crippen LogP contribution is -2.69. The van der Waals surface area contributed by atoms with Crippen molar-refractivity contribution in [3.05, 3.63) is 97.1 Å². The van der Waals surface area contributed by atoms with Gasteiger partial charge in [0.15, 0.2) is 31.3 Å². The summed E-state index contributed by atoms with van der Waals surface area (Å²) in [7, 11) is 0. The van der Waals surface area contributed by atoms with Gasteiger partial charge >= 0.3 is 12.1 Å². The maximum absolute atomic E-state index is 14.1. The molecule has 0 unspecified atom stereocenters. The Balaban J connectivity index is 1.12. The van der Waals surface area contributed by atoms with Crippen molar-refractivity contribution in [1.29, 1.82) is 0 Å². The summed E-state index contributed by atoms with van der Waals surface area (Å²) in [5.74, 6) is 0. The van der Waals surface area contributed by atoms with E-state index in [-0.39, 0.29) is 26.4 Å². The van der Waals surface area contributed by atoms with Crippen LogP contribution in [0.2, 0.25) is 0 Å². The first-order valence-corrected chi connectivity index (χ1v) is 15.8. The lowest BCUT2D eigenvalue weighted by atomic mass is 9.95. The fourth-order valence-corrected chi connectivity index (χ4v) is 6.60. The molecule has 0 bridgehead atoms. The lowest BCUT2D eigenvalue weighted by Gasteiger charge is -2.48. The summed E-state index contributed by atoms with van der Waals surface area (Å²) >= 11 is 0. The molecule has 0 aromatic heterocycles. The molecule has 256 valence electrons. The summed E-state index contributed by atoms with van der Waals surface area (Å²) in [6.45, 7) is 7.74. The molecular weight excluding hydrogens is 628 g/mol. The summed E-state index contributed by atoms with van der Waals surface area (Å²) in [4.78, 5) is 28.4. The van der Waals surface area contributed by atoms with Gasteiger partial charge in [-0.3, -0.25) is 0 Å². The predicted octanol–water partition coefficient (Wildman–Crippen LogP) is 2.70. The summed E-state index contributed by atoms with van der Waals surface area (Å²) in [5, 5.41) is 14.4. The summed E-state index contributed by atoms with van der Waals surface area (Å²) < 4.78 is 54.1. The van der Waals surface area contributed by atoms with E-state index in [1.807, 2.05) is 60.7 Å². The number of aliphatic hydroxyl groups is 1. The highest BCUT2D eigenvalue weighted by Crippen LogP contribution is 2.41. The van der Waals surface area contributed by atoms with Gasteiger partial charge in [-0.05, 0) is 0 Å². The molecule has 14 nitrogen and oxygen atoms in total. The van der Waals surface area contributed by atoms with Gasteiger partial charge in [0.1, 0.15) is 42.6 Å². The van der Waals surface area contributed by atoms with Crippen LogP contribution >= 0.6 is 0 Å². The Hall–Kier alpha value is -3.70. The highest BCUT2D eigenvalue weighted by Gasteiger charge is 2.61. The van der Waals surface area contributed by atoms with E-state index in [0.717, 1.165) is 16.0 Å². The van der Waals surface area contributed by atoms with Crippen molar-refractivity contribution in [1.82, 2.24) is 10.2 Å². The van der Waals surface area contributed by atoms with Crippen molar-refractivity contribution in [3.8, 4) is 0 Å². The number of ether oxygens (including phenoxy) is 9. The van der Waals surface area contributed by atoms with Crippen LogP contribution in [0.15, 0.2) is 86.0 Å². The number of urea groups is 1. The number of carbonyl (C=O) groups is 2. The number of nitrogens with zero attached hydrogens (tertiary/aromatic N) is 1. The first-order chi connectivity index (χ1) is 23.5. The van der Waals surface area contributed by atoms with Gasteiger partial charge in [0.2, 0.25) is 0 Å². The van der Waals surface area contributed by atoms with Gasteiger partial charge in [-0.1, -0.05) is 72.8 Å². The standard InChI is InChI=1S/C34H38N2O12/c1-3-15-40-31-23(25(37)26-21(44-31)17-42-29(46-26)19-11-7-5-8-12-19)35-33(38)36-24-28(48-34(36)39)27-22(45-32(24)41-16-4-2)18-43-30(47-27)20-13-9-6-10-14-20/h3-14,21-32,37H,1-2,15-18H2,(H,35,38)/t21-,22-,23-,24-,25-,26-,27-,28-,29-,30-,31+,32+/m1/s1. The number of benzene rings is 2. The Morgan fingerprint density at radius 1 is 0.812 bits per heavy atom. The number of hydrogen-bond acceptors (Lipinski definition) is 12. The van der Waals surface area contributed by atoms with Gasteiger partial charge in [0, 0.05) is 11.1 Å². The van der Waals surface area contributed by atoms with Crippen LogP contribution in [0.25, 0.3) is 0 Å². The maximum Gasteiger partial charge on any atom is 0.419 e. The van der Waals surface area contributed by atoms with Crippen molar-refractivity contribution < 1.29 is 57.3 Å². The van der Waals surface area contributed by atoms with E-state index < -0.39 is 86.0 Å². The van der Waals surface area contributed by atoms with Gasteiger partial charge in [0.05, 0.1) is 26.4 Å². The topological polar surface area (TPSA) is 153 Å². The molecule has 5 aliphatic rings. The minimum Gasteiger partial charge on any atom is -0.440 e. The third-order valence-corrected chi connectivity index (χ3v) is 8.81. The van der Waals surface area contributed by atoms with Crippen LogP contribution in [0.3, 0.4) is 0 Å². The van der Waals surface area contributed by atoms with Crippen LogP contribution < -0.4 is 5.32 Å². The van der Waals surface area contributed by atoms with Gasteiger partial charge in [-0.2, -0.15) is 0 Å². The number of hydrogen-bond donors (Lipinski definition) is 2. The molecule has 5 heterocycles. The van der Waals surface area contributed by atoms with Crippen LogP contribution in [0, 0.1) is 0 Å². The van der Waals surface area contributed by atoms with Crippen LogP contribution in [-0.4, -0.2) is 110 Å². The van der Waals surface area contributed by atoms with Gasteiger partial charge in [0.25, 0.3) is 0 Å². The molecule has 0 radical (unpaired) electrons. The summed E-state index contributed by atoms with van der Waals surface area (Å²) in [6, 6.07) is 15.5. The zero-order valence-electron chi connectivity index (χ0n) is 26.0. The molecular formula is C34H38N2O12. The number of fused-ring (bicyclic) bond motifs is 4. The molecule has 3 amide bonds. The van der Waals surface area contributed by atoms with Crippen LogP contribution in [0.1, 0.15) is 23.7 Å². The molecule has 5 aliphatic heterocycles. The van der Waals surface area contributed by atoms with Crippen molar-refractivity contribution in [2.75, 3.05) is 26.4 Å². The zero-order chi connectivity index (χ0) is 33.2. The normalized spacial score (nSPS) is 37.4. The molecule has 48 heavy (non-hydrogen) atoms. The van der Waals surface area contributed by atoms with E-state index in [2.05, 4.69) is 18.5 Å². The van der Waals surface area contributed by atoms with Crippen LogP contribution in [-0.2, 0) is 42.6 Å². The molecule has 12 atom stereocenters. The average Bonchev–Trinajstić information content (AvgIpc) is 3.48. The van der Waals surface area contributed by atoms with E-state index in [0.29, 0.717) is 0 Å². The van der Waals surface area contributed by atoms with Crippen LogP contribution in [0.4, 0.5) is 9.59 Å². The molecule has 2 aromatic carbocycles.